The highest BCUT2D eigenvalue weighted by Crippen LogP contribution is 2.45. The first-order valence-electron chi connectivity index (χ1n) is 13.5. The van der Waals surface area contributed by atoms with Crippen LogP contribution >= 0.6 is 0 Å². The fraction of sp³-hybridized carbons (Fsp3) is 0.400. The number of nitrogens with zero attached hydrogens (tertiary/aromatic N) is 3. The lowest BCUT2D eigenvalue weighted by Gasteiger charge is -2.40. The molecule has 8 heteroatoms. The molecular formula is C30H31FN4O3. The van der Waals surface area contributed by atoms with Gasteiger partial charge in [0.2, 0.25) is 5.88 Å². The second-order valence-electron chi connectivity index (χ2n) is 10.9. The molecule has 1 aliphatic carbocycles. The van der Waals surface area contributed by atoms with Crippen molar-refractivity contribution < 1.29 is 18.5 Å². The molecule has 2 aromatic carbocycles. The zero-order chi connectivity index (χ0) is 25.8. The Hall–Kier alpha value is -3.65. The van der Waals surface area contributed by atoms with Crippen LogP contribution in [0.1, 0.15) is 66.9 Å². The monoisotopic (exact) mass is 514 g/mol. The van der Waals surface area contributed by atoms with Gasteiger partial charge in [-0.3, -0.25) is 0 Å². The summed E-state index contributed by atoms with van der Waals surface area (Å²) in [6.45, 7) is 6.25. The first-order chi connectivity index (χ1) is 18.5. The maximum atomic E-state index is 15.1. The second kappa shape index (κ2) is 9.27. The van der Waals surface area contributed by atoms with E-state index in [0.29, 0.717) is 36.0 Å². The number of hydroxylamine groups is 1. The van der Waals surface area contributed by atoms with Gasteiger partial charge in [-0.2, -0.15) is 4.99 Å². The Morgan fingerprint density at radius 2 is 1.87 bits per heavy atom. The van der Waals surface area contributed by atoms with E-state index in [0.717, 1.165) is 66.8 Å². The highest BCUT2D eigenvalue weighted by Gasteiger charge is 2.42. The van der Waals surface area contributed by atoms with Gasteiger partial charge >= 0.3 is 0 Å². The Labute approximate surface area is 221 Å². The molecule has 38 heavy (non-hydrogen) atoms. The standard InChI is InChI=1S/C30H31FN4O3/c1-17-5-3-4-6-24(17)28-26(29(38-33-28)19-7-8-19)16-36-23-13-20-9-10-21(14-23)35(20)22-11-12-25(27(31)15-22)30-32-18(2)37-34-30/h3-6,11-12,15,19-21,23H,2,7-10,13-14,16H2,1H3,(H,32,34). The average molecular weight is 515 g/mol. The molecule has 1 aromatic heterocycles. The molecular weight excluding hydrogens is 483 g/mol. The van der Waals surface area contributed by atoms with Gasteiger partial charge in [0.1, 0.15) is 17.3 Å². The molecule has 7 rings (SSSR count). The number of amidine groups is 1. The minimum atomic E-state index is -0.325. The van der Waals surface area contributed by atoms with E-state index >= 15 is 4.39 Å². The van der Waals surface area contributed by atoms with Crippen LogP contribution in [0.3, 0.4) is 0 Å². The molecule has 4 heterocycles. The molecule has 3 aliphatic heterocycles. The van der Waals surface area contributed by atoms with E-state index < -0.39 is 0 Å². The summed E-state index contributed by atoms with van der Waals surface area (Å²) in [5.41, 5.74) is 8.22. The van der Waals surface area contributed by atoms with Gasteiger partial charge in [0.25, 0.3) is 0 Å². The fourth-order valence-electron chi connectivity index (χ4n) is 6.31. The number of aryl methyl sites for hydroxylation is 1. The number of piperidine rings is 1. The van der Waals surface area contributed by atoms with Crippen molar-refractivity contribution in [3.8, 4) is 11.3 Å². The number of rotatable bonds is 7. The van der Waals surface area contributed by atoms with Crippen molar-refractivity contribution in [2.75, 3.05) is 4.90 Å². The molecule has 2 bridgehead atoms. The number of nitrogens with one attached hydrogen (secondary N) is 1. The lowest BCUT2D eigenvalue weighted by molar-refractivity contribution is 0.0147. The molecule has 0 spiro atoms. The number of hydrogen-bond donors (Lipinski definition) is 1. The third kappa shape index (κ3) is 4.17. The summed E-state index contributed by atoms with van der Waals surface area (Å²) in [4.78, 5) is 11.5. The van der Waals surface area contributed by atoms with Gasteiger partial charge in [-0.05, 0) is 75.8 Å². The molecule has 3 aromatic rings. The normalized spacial score (nSPS) is 24.4. The number of halogens is 1. The molecule has 7 nitrogen and oxygen atoms in total. The van der Waals surface area contributed by atoms with Crippen molar-refractivity contribution in [2.24, 2.45) is 4.99 Å². The Balaban J connectivity index is 1.07. The van der Waals surface area contributed by atoms with Crippen LogP contribution in [0.25, 0.3) is 11.3 Å². The maximum Gasteiger partial charge on any atom is 0.240 e. The number of benzene rings is 2. The van der Waals surface area contributed by atoms with Crippen LogP contribution in [-0.2, 0) is 16.2 Å². The van der Waals surface area contributed by atoms with Crippen LogP contribution < -0.4 is 10.4 Å². The van der Waals surface area contributed by atoms with Crippen LogP contribution in [0.2, 0.25) is 0 Å². The molecule has 1 N–H and O–H groups in total. The highest BCUT2D eigenvalue weighted by atomic mass is 19.1. The minimum Gasteiger partial charge on any atom is -0.373 e. The van der Waals surface area contributed by atoms with Crippen LogP contribution in [0.5, 0.6) is 0 Å². The number of ether oxygens (including phenoxy) is 1. The summed E-state index contributed by atoms with van der Waals surface area (Å²) in [6.07, 6.45) is 6.48. The van der Waals surface area contributed by atoms with Crippen LogP contribution in [-0.4, -0.2) is 29.2 Å². The molecule has 2 atom stereocenters. The van der Waals surface area contributed by atoms with Gasteiger partial charge in [-0.1, -0.05) is 29.4 Å². The molecule has 196 valence electrons. The molecule has 2 saturated heterocycles. The molecule has 4 aliphatic rings. The van der Waals surface area contributed by atoms with Crippen molar-refractivity contribution in [1.29, 1.82) is 0 Å². The largest absolute Gasteiger partial charge is 0.373 e. The van der Waals surface area contributed by atoms with Gasteiger partial charge in [0.15, 0.2) is 5.84 Å². The molecule has 1 saturated carbocycles. The molecule has 0 radical (unpaired) electrons. The van der Waals surface area contributed by atoms with E-state index in [4.69, 9.17) is 14.1 Å². The van der Waals surface area contributed by atoms with E-state index in [1.165, 1.54) is 5.56 Å². The summed E-state index contributed by atoms with van der Waals surface area (Å²) in [7, 11) is 0. The summed E-state index contributed by atoms with van der Waals surface area (Å²) in [5.74, 6) is 1.71. The van der Waals surface area contributed by atoms with Crippen molar-refractivity contribution in [1.82, 2.24) is 10.6 Å². The third-order valence-corrected chi connectivity index (χ3v) is 8.33. The van der Waals surface area contributed by atoms with Crippen molar-refractivity contribution in [3.63, 3.8) is 0 Å². The van der Waals surface area contributed by atoms with Crippen LogP contribution in [0.15, 0.2) is 64.4 Å². The van der Waals surface area contributed by atoms with E-state index in [1.807, 2.05) is 18.2 Å². The molecule has 2 unspecified atom stereocenters. The average Bonchev–Trinajstić information content (AvgIpc) is 3.43. The first kappa shape index (κ1) is 23.5. The number of anilines is 1. The van der Waals surface area contributed by atoms with Gasteiger partial charge < -0.3 is 19.0 Å². The summed E-state index contributed by atoms with van der Waals surface area (Å²) < 4.78 is 27.5. The van der Waals surface area contributed by atoms with Gasteiger partial charge in [-0.25, -0.2) is 9.87 Å². The van der Waals surface area contributed by atoms with E-state index in [2.05, 4.69) is 46.2 Å². The summed E-state index contributed by atoms with van der Waals surface area (Å²) in [5, 5.41) is 4.49. The molecule has 0 amide bonds. The lowest BCUT2D eigenvalue weighted by atomic mass is 9.97. The predicted octanol–water partition coefficient (Wildman–Crippen LogP) is 6.14. The maximum absolute atomic E-state index is 15.1. The fourth-order valence-corrected chi connectivity index (χ4v) is 6.31. The van der Waals surface area contributed by atoms with Crippen molar-refractivity contribution >= 4 is 11.5 Å². The highest BCUT2D eigenvalue weighted by molar-refractivity contribution is 6.00. The zero-order valence-electron chi connectivity index (χ0n) is 21.5. The summed E-state index contributed by atoms with van der Waals surface area (Å²) in [6, 6.07) is 14.3. The van der Waals surface area contributed by atoms with E-state index in [9.17, 15) is 0 Å². The van der Waals surface area contributed by atoms with Gasteiger partial charge in [0, 0.05) is 34.8 Å². The van der Waals surface area contributed by atoms with Gasteiger partial charge in [0.05, 0.1) is 18.3 Å². The number of aliphatic imine (C=N–C) groups is 1. The van der Waals surface area contributed by atoms with E-state index in [1.54, 1.807) is 12.1 Å². The second-order valence-corrected chi connectivity index (χ2v) is 10.9. The topological polar surface area (TPSA) is 72.1 Å². The van der Waals surface area contributed by atoms with Crippen LogP contribution in [0, 0.1) is 12.7 Å². The Morgan fingerprint density at radius 1 is 1.08 bits per heavy atom. The number of fused-ring (bicyclic) bond motifs is 2. The lowest BCUT2D eigenvalue weighted by Crippen LogP contribution is -2.45. The van der Waals surface area contributed by atoms with Crippen LogP contribution in [0.4, 0.5) is 10.1 Å². The number of hydrogen-bond acceptors (Lipinski definition) is 7. The smallest absolute Gasteiger partial charge is 0.240 e. The number of aromatic nitrogens is 1. The summed E-state index contributed by atoms with van der Waals surface area (Å²) >= 11 is 0. The third-order valence-electron chi connectivity index (χ3n) is 8.33. The van der Waals surface area contributed by atoms with Crippen molar-refractivity contribution in [3.05, 3.63) is 83.2 Å². The predicted molar refractivity (Wildman–Crippen MR) is 142 cm³/mol. The Bertz CT molecular complexity index is 1410. The zero-order valence-corrected chi connectivity index (χ0v) is 21.5. The van der Waals surface area contributed by atoms with E-state index in [-0.39, 0.29) is 17.8 Å². The van der Waals surface area contributed by atoms with Gasteiger partial charge in [-0.15, -0.1) is 0 Å². The molecule has 3 fully saturated rings. The minimum absolute atomic E-state index is 0.153. The van der Waals surface area contributed by atoms with Crippen molar-refractivity contribution in [2.45, 2.75) is 76.2 Å². The Kier molecular flexibility index (Phi) is 5.73. The quantitative estimate of drug-likeness (QED) is 0.409. The first-order valence-corrected chi connectivity index (χ1v) is 13.5. The Morgan fingerprint density at radius 3 is 2.55 bits per heavy atom. The SMILES string of the molecule is C=C1N=C(c2ccc(N3C4CCC3CC(OCc3c(-c5ccccc5C)noc3C3CC3)C4)cc2F)NO1.